The van der Waals surface area contributed by atoms with Gasteiger partial charge in [0.1, 0.15) is 5.82 Å². The lowest BCUT2D eigenvalue weighted by Gasteiger charge is -2.34. The largest absolute Gasteiger partial charge is 0.329 e. The monoisotopic (exact) mass is 380 g/mol. The summed E-state index contributed by atoms with van der Waals surface area (Å²) in [6.45, 7) is 0. The minimum absolute atomic E-state index is 0.0374. The Bertz CT molecular complexity index is 996. The number of nitrogens with zero attached hydrogens (tertiary/aromatic N) is 1. The second kappa shape index (κ2) is 6.99. The predicted octanol–water partition coefficient (Wildman–Crippen LogP) is 3.74. The number of benzene rings is 2. The van der Waals surface area contributed by atoms with Gasteiger partial charge in [-0.3, -0.25) is 19.7 Å². The zero-order chi connectivity index (χ0) is 19.8. The number of halogens is 1. The third-order valence-electron chi connectivity index (χ3n) is 5.38. The van der Waals surface area contributed by atoms with E-state index in [4.69, 9.17) is 0 Å². The molecule has 0 saturated carbocycles. The van der Waals surface area contributed by atoms with E-state index in [1.165, 1.54) is 24.3 Å². The minimum Gasteiger partial charge on any atom is -0.329 e. The Morgan fingerprint density at radius 3 is 2.21 bits per heavy atom. The number of allylic oxidation sites excluding steroid dienone is 2. The molecule has 7 heteroatoms. The van der Waals surface area contributed by atoms with Gasteiger partial charge in [0.2, 0.25) is 5.91 Å². The molecule has 1 aliphatic heterocycles. The van der Waals surface area contributed by atoms with Crippen LogP contribution in [0.3, 0.4) is 0 Å². The Kier molecular flexibility index (Phi) is 4.50. The SMILES string of the molecule is O=C1C[C@H](c2ccc([N+](=O)[O-])cc2)C2=C(C[C@@H](c3ccc(F)cc3)CC2=O)N1. The van der Waals surface area contributed by atoms with E-state index in [-0.39, 0.29) is 42.0 Å². The number of carbonyl (C=O) groups is 2. The van der Waals surface area contributed by atoms with Gasteiger partial charge in [-0.15, -0.1) is 0 Å². The molecule has 4 rings (SSSR count). The van der Waals surface area contributed by atoms with Gasteiger partial charge in [-0.1, -0.05) is 24.3 Å². The number of nitrogens with one attached hydrogen (secondary N) is 1. The van der Waals surface area contributed by atoms with Crippen molar-refractivity contribution in [3.63, 3.8) is 0 Å². The maximum absolute atomic E-state index is 13.2. The van der Waals surface area contributed by atoms with Crippen LogP contribution in [0.4, 0.5) is 10.1 Å². The first-order chi connectivity index (χ1) is 13.4. The lowest BCUT2D eigenvalue weighted by Crippen LogP contribution is -2.38. The van der Waals surface area contributed by atoms with Crippen LogP contribution >= 0.6 is 0 Å². The molecule has 0 radical (unpaired) electrons. The molecule has 0 aromatic heterocycles. The smallest absolute Gasteiger partial charge is 0.269 e. The van der Waals surface area contributed by atoms with Crippen molar-refractivity contribution in [3.8, 4) is 0 Å². The molecule has 6 nitrogen and oxygen atoms in total. The summed E-state index contributed by atoms with van der Waals surface area (Å²) in [5, 5.41) is 13.7. The van der Waals surface area contributed by atoms with E-state index in [0.29, 0.717) is 23.3 Å². The highest BCUT2D eigenvalue weighted by molar-refractivity contribution is 6.02. The number of rotatable bonds is 3. The Morgan fingerprint density at radius 1 is 0.929 bits per heavy atom. The molecule has 1 aliphatic carbocycles. The first kappa shape index (κ1) is 18.0. The van der Waals surface area contributed by atoms with Crippen molar-refractivity contribution in [2.24, 2.45) is 0 Å². The van der Waals surface area contributed by atoms with Crippen molar-refractivity contribution in [3.05, 3.63) is 86.9 Å². The van der Waals surface area contributed by atoms with Crippen molar-refractivity contribution in [1.29, 1.82) is 0 Å². The summed E-state index contributed by atoms with van der Waals surface area (Å²) >= 11 is 0. The van der Waals surface area contributed by atoms with Crippen LogP contribution in [0.2, 0.25) is 0 Å². The molecule has 0 bridgehead atoms. The summed E-state index contributed by atoms with van der Waals surface area (Å²) in [5.74, 6) is -1.11. The van der Waals surface area contributed by atoms with Gasteiger partial charge in [-0.2, -0.15) is 0 Å². The third kappa shape index (κ3) is 3.31. The standard InChI is InChI=1S/C21H17FN2O4/c22-15-5-1-12(2-6-15)14-9-18-21(19(25)10-14)17(11-20(26)23-18)13-3-7-16(8-4-13)24(27)28/h1-8,14,17H,9-11H2,(H,23,26)/t14-,17-/m1/s1. The number of non-ortho nitro benzene ring substituents is 1. The second-order valence-electron chi connectivity index (χ2n) is 7.13. The van der Waals surface area contributed by atoms with Crippen LogP contribution in [-0.2, 0) is 9.59 Å². The van der Waals surface area contributed by atoms with E-state index in [1.54, 1.807) is 24.3 Å². The molecule has 1 N–H and O–H groups in total. The van der Waals surface area contributed by atoms with Crippen LogP contribution in [0.1, 0.15) is 42.2 Å². The van der Waals surface area contributed by atoms with Gasteiger partial charge < -0.3 is 5.32 Å². The molecule has 0 saturated heterocycles. The first-order valence-electron chi connectivity index (χ1n) is 8.98. The number of nitro benzene ring substituents is 1. The number of hydrogen-bond donors (Lipinski definition) is 1. The van der Waals surface area contributed by atoms with Crippen molar-refractivity contribution >= 4 is 17.4 Å². The molecular formula is C21H17FN2O4. The van der Waals surface area contributed by atoms with E-state index >= 15 is 0 Å². The van der Waals surface area contributed by atoms with Gasteiger partial charge in [0.25, 0.3) is 5.69 Å². The fraction of sp³-hybridized carbons (Fsp3) is 0.238. The maximum Gasteiger partial charge on any atom is 0.269 e. The van der Waals surface area contributed by atoms with Crippen LogP contribution in [-0.4, -0.2) is 16.6 Å². The van der Waals surface area contributed by atoms with E-state index in [2.05, 4.69) is 5.32 Å². The molecule has 2 atom stereocenters. The summed E-state index contributed by atoms with van der Waals surface area (Å²) in [4.78, 5) is 35.6. The van der Waals surface area contributed by atoms with E-state index in [1.807, 2.05) is 0 Å². The zero-order valence-electron chi connectivity index (χ0n) is 14.9. The van der Waals surface area contributed by atoms with Crippen LogP contribution < -0.4 is 5.32 Å². The Balaban J connectivity index is 1.68. The van der Waals surface area contributed by atoms with Gasteiger partial charge in [-0.25, -0.2) is 4.39 Å². The number of amides is 1. The fourth-order valence-corrected chi connectivity index (χ4v) is 4.04. The zero-order valence-corrected chi connectivity index (χ0v) is 14.9. The average molecular weight is 380 g/mol. The highest BCUT2D eigenvalue weighted by atomic mass is 19.1. The summed E-state index contributed by atoms with van der Waals surface area (Å²) in [6.07, 6.45) is 0.898. The molecule has 1 heterocycles. The normalized spacial score (nSPS) is 21.9. The van der Waals surface area contributed by atoms with E-state index in [0.717, 1.165) is 5.56 Å². The molecule has 0 unspecified atom stereocenters. The lowest BCUT2D eigenvalue weighted by molar-refractivity contribution is -0.384. The maximum atomic E-state index is 13.2. The fourth-order valence-electron chi connectivity index (χ4n) is 4.04. The predicted molar refractivity (Wildman–Crippen MR) is 99.0 cm³/mol. The number of carbonyl (C=O) groups excluding carboxylic acids is 2. The summed E-state index contributed by atoms with van der Waals surface area (Å²) in [6, 6.07) is 12.0. The number of nitro groups is 1. The molecule has 1 amide bonds. The molecule has 0 spiro atoms. The van der Waals surface area contributed by atoms with Gasteiger partial charge in [-0.05, 0) is 35.6 Å². The molecule has 0 fully saturated rings. The minimum atomic E-state index is -0.485. The van der Waals surface area contributed by atoms with Crippen LogP contribution in [0.25, 0.3) is 0 Å². The highest BCUT2D eigenvalue weighted by Gasteiger charge is 2.38. The highest BCUT2D eigenvalue weighted by Crippen LogP contribution is 2.42. The van der Waals surface area contributed by atoms with Gasteiger partial charge in [0.15, 0.2) is 5.78 Å². The second-order valence-corrected chi connectivity index (χ2v) is 7.13. The van der Waals surface area contributed by atoms with Gasteiger partial charge in [0.05, 0.1) is 4.92 Å². The van der Waals surface area contributed by atoms with Crippen molar-refractivity contribution in [1.82, 2.24) is 5.32 Å². The van der Waals surface area contributed by atoms with Crippen molar-refractivity contribution in [2.45, 2.75) is 31.1 Å². The molecule has 2 aliphatic rings. The summed E-state index contributed by atoms with van der Waals surface area (Å²) in [5.41, 5.74) is 2.70. The van der Waals surface area contributed by atoms with Gasteiger partial charge in [0, 0.05) is 42.2 Å². The Hall–Kier alpha value is -3.35. The van der Waals surface area contributed by atoms with Crippen LogP contribution in [0, 0.1) is 15.9 Å². The molecular weight excluding hydrogens is 363 g/mol. The van der Waals surface area contributed by atoms with Crippen LogP contribution in [0.5, 0.6) is 0 Å². The van der Waals surface area contributed by atoms with Gasteiger partial charge >= 0.3 is 0 Å². The number of ketones is 1. The summed E-state index contributed by atoms with van der Waals surface area (Å²) < 4.78 is 13.2. The molecule has 142 valence electrons. The lowest BCUT2D eigenvalue weighted by atomic mass is 9.73. The summed E-state index contributed by atoms with van der Waals surface area (Å²) in [7, 11) is 0. The number of hydrogen-bond acceptors (Lipinski definition) is 4. The molecule has 28 heavy (non-hydrogen) atoms. The Labute approximate surface area is 160 Å². The third-order valence-corrected chi connectivity index (χ3v) is 5.38. The topological polar surface area (TPSA) is 89.3 Å². The molecule has 2 aromatic rings. The number of Topliss-reactive ketones (excluding diaryl/α,β-unsaturated/α-hetero) is 1. The van der Waals surface area contributed by atoms with Crippen molar-refractivity contribution in [2.75, 3.05) is 0 Å². The first-order valence-corrected chi connectivity index (χ1v) is 8.98. The van der Waals surface area contributed by atoms with Crippen molar-refractivity contribution < 1.29 is 18.9 Å². The molecule has 2 aromatic carbocycles. The van der Waals surface area contributed by atoms with Crippen LogP contribution in [0.15, 0.2) is 59.8 Å². The Morgan fingerprint density at radius 2 is 1.57 bits per heavy atom. The van der Waals surface area contributed by atoms with E-state index in [9.17, 15) is 24.1 Å². The quantitative estimate of drug-likeness (QED) is 0.649. The average Bonchev–Trinajstić information content (AvgIpc) is 2.67. The van der Waals surface area contributed by atoms with E-state index < -0.39 is 10.8 Å².